The Morgan fingerprint density at radius 1 is 0.893 bits per heavy atom. The number of alkyl carbamates (subject to hydrolysis) is 1. The van der Waals surface area contributed by atoms with Crippen LogP contribution in [-0.2, 0) is 32.4 Å². The van der Waals surface area contributed by atoms with Gasteiger partial charge in [-0.3, -0.25) is 14.4 Å². The van der Waals surface area contributed by atoms with Gasteiger partial charge < -0.3 is 15.2 Å². The number of rotatable bonds is 10. The van der Waals surface area contributed by atoms with E-state index in [1.807, 2.05) is 48.5 Å². The highest BCUT2D eigenvalue weighted by atomic mass is 16.7. The largest absolute Gasteiger partial charge is 0.481 e. The summed E-state index contributed by atoms with van der Waals surface area (Å²) in [5, 5.41) is 11.2. The number of nitrogens with one attached hydrogen (secondary N) is 2. The van der Waals surface area contributed by atoms with Gasteiger partial charge in [-0.15, -0.1) is 0 Å². The quantitative estimate of drug-likeness (QED) is 0.540. The second-order valence-corrected chi connectivity index (χ2v) is 5.93. The molecule has 28 heavy (non-hydrogen) atoms. The Morgan fingerprint density at radius 2 is 1.46 bits per heavy atom. The van der Waals surface area contributed by atoms with Gasteiger partial charge in [0.05, 0.1) is 6.61 Å². The summed E-state index contributed by atoms with van der Waals surface area (Å²) in [6, 6.07) is 17.1. The van der Waals surface area contributed by atoms with Gasteiger partial charge >= 0.3 is 12.1 Å². The topological polar surface area (TPSA) is 114 Å². The van der Waals surface area contributed by atoms with Crippen LogP contribution in [0.5, 0.6) is 0 Å². The van der Waals surface area contributed by atoms with Crippen LogP contribution in [0.25, 0.3) is 0 Å². The predicted molar refractivity (Wildman–Crippen MR) is 99.8 cm³/mol. The number of ether oxygens (including phenoxy) is 1. The van der Waals surface area contributed by atoms with Crippen LogP contribution >= 0.6 is 0 Å². The highest BCUT2D eigenvalue weighted by Gasteiger charge is 2.22. The van der Waals surface area contributed by atoms with E-state index in [1.54, 1.807) is 12.1 Å². The number of hydrogen-bond donors (Lipinski definition) is 3. The fraction of sp³-hybridized carbons (Fsp3) is 0.250. The number of amides is 2. The molecule has 0 saturated heterocycles. The summed E-state index contributed by atoms with van der Waals surface area (Å²) in [5.74, 6) is -1.74. The van der Waals surface area contributed by atoms with Gasteiger partial charge in [0.1, 0.15) is 12.6 Å². The maximum absolute atomic E-state index is 12.3. The molecule has 1 atom stereocenters. The first-order valence-electron chi connectivity index (χ1n) is 8.69. The normalized spacial score (nSPS) is 11.3. The second-order valence-electron chi connectivity index (χ2n) is 5.93. The Bertz CT molecular complexity index is 767. The third-order valence-corrected chi connectivity index (χ3v) is 3.72. The first-order chi connectivity index (χ1) is 13.5. The lowest BCUT2D eigenvalue weighted by Crippen LogP contribution is -2.47. The van der Waals surface area contributed by atoms with Gasteiger partial charge in [-0.25, -0.2) is 10.3 Å². The Kier molecular flexibility index (Phi) is 8.48. The molecule has 0 heterocycles. The standard InChI is InChI=1S/C20H22N2O6/c23-18(24)12-11-17(19(25)22-28-14-16-9-5-2-6-10-16)21-20(26)27-13-15-7-3-1-4-8-15/h1-10,17H,11-14H2,(H,21,26)(H,22,25)(H,23,24)/t17-/m1/s1. The molecule has 3 N–H and O–H groups in total. The van der Waals surface area contributed by atoms with Crippen molar-refractivity contribution in [2.45, 2.75) is 32.1 Å². The summed E-state index contributed by atoms with van der Waals surface area (Å²) in [4.78, 5) is 40.2. The minimum Gasteiger partial charge on any atom is -0.481 e. The predicted octanol–water partition coefficient (Wildman–Crippen LogP) is 2.39. The van der Waals surface area contributed by atoms with Crippen molar-refractivity contribution in [3.8, 4) is 0 Å². The van der Waals surface area contributed by atoms with E-state index in [2.05, 4.69) is 10.8 Å². The lowest BCUT2D eigenvalue weighted by atomic mass is 10.1. The van der Waals surface area contributed by atoms with Crippen molar-refractivity contribution < 1.29 is 29.1 Å². The average Bonchev–Trinajstić information content (AvgIpc) is 2.71. The molecule has 148 valence electrons. The Labute approximate surface area is 162 Å². The zero-order valence-electron chi connectivity index (χ0n) is 15.2. The van der Waals surface area contributed by atoms with Crippen molar-refractivity contribution in [1.82, 2.24) is 10.8 Å². The fourth-order valence-electron chi connectivity index (χ4n) is 2.28. The SMILES string of the molecule is O=C(O)CC[C@@H](NC(=O)OCc1ccccc1)C(=O)NOCc1ccccc1. The molecule has 0 aliphatic heterocycles. The van der Waals surface area contributed by atoms with E-state index in [-0.39, 0.29) is 26.1 Å². The first kappa shape index (κ1) is 20.9. The first-order valence-corrected chi connectivity index (χ1v) is 8.69. The Morgan fingerprint density at radius 3 is 2.04 bits per heavy atom. The molecule has 0 aliphatic rings. The minimum atomic E-state index is -1.10. The molecule has 0 fully saturated rings. The van der Waals surface area contributed by atoms with Crippen molar-refractivity contribution in [1.29, 1.82) is 0 Å². The maximum Gasteiger partial charge on any atom is 0.408 e. The monoisotopic (exact) mass is 386 g/mol. The molecule has 8 nitrogen and oxygen atoms in total. The number of hydrogen-bond acceptors (Lipinski definition) is 5. The van der Waals surface area contributed by atoms with E-state index in [9.17, 15) is 14.4 Å². The molecule has 0 radical (unpaired) electrons. The molecule has 0 bridgehead atoms. The van der Waals surface area contributed by atoms with Crippen LogP contribution in [0.3, 0.4) is 0 Å². The molecule has 2 aromatic rings. The van der Waals surface area contributed by atoms with Crippen LogP contribution in [-0.4, -0.2) is 29.1 Å². The van der Waals surface area contributed by atoms with Crippen LogP contribution in [0.1, 0.15) is 24.0 Å². The summed E-state index contributed by atoms with van der Waals surface area (Å²) >= 11 is 0. The van der Waals surface area contributed by atoms with Crippen molar-refractivity contribution in [3.05, 3.63) is 71.8 Å². The summed E-state index contributed by atoms with van der Waals surface area (Å²) in [6.45, 7) is 0.168. The van der Waals surface area contributed by atoms with E-state index < -0.39 is 24.0 Å². The van der Waals surface area contributed by atoms with Gasteiger partial charge in [0.15, 0.2) is 0 Å². The molecule has 2 amide bonds. The van der Waals surface area contributed by atoms with Crippen molar-refractivity contribution in [2.75, 3.05) is 0 Å². The van der Waals surface area contributed by atoms with E-state index in [1.165, 1.54) is 0 Å². The number of carbonyl (C=O) groups is 3. The van der Waals surface area contributed by atoms with Crippen molar-refractivity contribution in [3.63, 3.8) is 0 Å². The molecule has 0 unspecified atom stereocenters. The molecule has 0 aliphatic carbocycles. The van der Waals surface area contributed by atoms with Crippen LogP contribution in [0, 0.1) is 0 Å². The lowest BCUT2D eigenvalue weighted by molar-refractivity contribution is -0.139. The van der Waals surface area contributed by atoms with Crippen molar-refractivity contribution >= 4 is 18.0 Å². The molecule has 2 rings (SSSR count). The number of aliphatic carboxylic acids is 1. The lowest BCUT2D eigenvalue weighted by Gasteiger charge is -2.17. The van der Waals surface area contributed by atoms with Gasteiger partial charge in [0.25, 0.3) is 5.91 Å². The molecule has 0 saturated carbocycles. The number of carboxylic acids is 1. The van der Waals surface area contributed by atoms with Crippen LogP contribution < -0.4 is 10.8 Å². The number of benzene rings is 2. The molecular formula is C20H22N2O6. The Hall–Kier alpha value is -3.39. The highest BCUT2D eigenvalue weighted by molar-refractivity contribution is 5.85. The summed E-state index contributed by atoms with van der Waals surface area (Å²) < 4.78 is 5.07. The second kappa shape index (κ2) is 11.3. The summed E-state index contributed by atoms with van der Waals surface area (Å²) in [7, 11) is 0. The summed E-state index contributed by atoms with van der Waals surface area (Å²) in [6.07, 6.45) is -1.22. The minimum absolute atomic E-state index is 0.0322. The third kappa shape index (κ3) is 7.88. The van der Waals surface area contributed by atoms with E-state index in [4.69, 9.17) is 14.7 Å². The number of hydroxylamine groups is 1. The zero-order chi connectivity index (χ0) is 20.2. The van der Waals surface area contributed by atoms with Gasteiger partial charge in [-0.1, -0.05) is 60.7 Å². The molecule has 0 spiro atoms. The molecule has 8 heteroatoms. The van der Waals surface area contributed by atoms with Crippen LogP contribution in [0.15, 0.2) is 60.7 Å². The molecule has 0 aromatic heterocycles. The van der Waals surface area contributed by atoms with Crippen LogP contribution in [0.4, 0.5) is 4.79 Å². The van der Waals surface area contributed by atoms with Gasteiger partial charge in [-0.2, -0.15) is 0 Å². The van der Waals surface area contributed by atoms with Crippen LogP contribution in [0.2, 0.25) is 0 Å². The molecule has 2 aromatic carbocycles. The zero-order valence-corrected chi connectivity index (χ0v) is 15.2. The summed E-state index contributed by atoms with van der Waals surface area (Å²) in [5.41, 5.74) is 3.87. The fourth-order valence-corrected chi connectivity index (χ4v) is 2.28. The van der Waals surface area contributed by atoms with Gasteiger partial charge in [-0.05, 0) is 17.5 Å². The molecular weight excluding hydrogens is 364 g/mol. The third-order valence-electron chi connectivity index (χ3n) is 3.72. The van der Waals surface area contributed by atoms with E-state index in [0.29, 0.717) is 0 Å². The average molecular weight is 386 g/mol. The number of carboxylic acid groups (broad SMARTS) is 1. The smallest absolute Gasteiger partial charge is 0.408 e. The maximum atomic E-state index is 12.3. The van der Waals surface area contributed by atoms with Gasteiger partial charge in [0.2, 0.25) is 0 Å². The van der Waals surface area contributed by atoms with Crippen molar-refractivity contribution in [2.24, 2.45) is 0 Å². The number of carbonyl (C=O) groups excluding carboxylic acids is 2. The van der Waals surface area contributed by atoms with E-state index >= 15 is 0 Å². The highest BCUT2D eigenvalue weighted by Crippen LogP contribution is 2.04. The van der Waals surface area contributed by atoms with E-state index in [0.717, 1.165) is 11.1 Å². The van der Waals surface area contributed by atoms with Gasteiger partial charge in [0, 0.05) is 6.42 Å². The Balaban J connectivity index is 1.83.